The molecule has 0 saturated carbocycles. The Morgan fingerprint density at radius 1 is 1.12 bits per heavy atom. The summed E-state index contributed by atoms with van der Waals surface area (Å²) in [6, 6.07) is 14.9. The van der Waals surface area contributed by atoms with Crippen LogP contribution in [0.25, 0.3) is 0 Å². The normalized spacial score (nSPS) is 18.7. The van der Waals surface area contributed by atoms with E-state index < -0.39 is 11.7 Å². The zero-order valence-corrected chi connectivity index (χ0v) is 15.1. The Labute approximate surface area is 153 Å². The van der Waals surface area contributed by atoms with Gasteiger partial charge in [0.05, 0.1) is 18.8 Å². The Hall–Kier alpha value is -1.59. The van der Waals surface area contributed by atoms with E-state index in [0.717, 1.165) is 30.0 Å². The van der Waals surface area contributed by atoms with Crippen LogP contribution >= 0.6 is 11.6 Å². The number of benzene rings is 2. The van der Waals surface area contributed by atoms with Crippen LogP contribution < -0.4 is 4.74 Å². The van der Waals surface area contributed by atoms with Gasteiger partial charge in [-0.15, -0.1) is 0 Å². The molecule has 134 valence electrons. The fourth-order valence-electron chi connectivity index (χ4n) is 3.44. The summed E-state index contributed by atoms with van der Waals surface area (Å²) < 4.78 is 5.40. The summed E-state index contributed by atoms with van der Waals surface area (Å²) in [6.07, 6.45) is 0.663. The molecule has 1 fully saturated rings. The number of hydrogen-bond donors (Lipinski definition) is 2. The van der Waals surface area contributed by atoms with Crippen molar-refractivity contribution in [2.24, 2.45) is 0 Å². The molecule has 0 unspecified atom stereocenters. The third-order valence-corrected chi connectivity index (χ3v) is 5.23. The lowest BCUT2D eigenvalue weighted by molar-refractivity contribution is -0.0358. The molecule has 0 bridgehead atoms. The Morgan fingerprint density at radius 2 is 1.76 bits per heavy atom. The van der Waals surface area contributed by atoms with Gasteiger partial charge in [0.25, 0.3) is 0 Å². The number of piperidine rings is 1. The maximum absolute atomic E-state index is 11.1. The summed E-state index contributed by atoms with van der Waals surface area (Å²) in [5, 5.41) is 22.2. The number of β-amino-alcohol motifs (C(OH)–C–C–N with tert-alkyl or cyclic N) is 1. The Morgan fingerprint density at radius 3 is 2.40 bits per heavy atom. The molecule has 2 aromatic carbocycles. The fraction of sp³-hybridized carbons (Fsp3) is 0.400. The van der Waals surface area contributed by atoms with E-state index in [1.807, 2.05) is 36.4 Å². The van der Waals surface area contributed by atoms with Crippen molar-refractivity contribution in [3.8, 4) is 5.75 Å². The molecule has 0 amide bonds. The van der Waals surface area contributed by atoms with E-state index in [1.165, 1.54) is 0 Å². The minimum absolute atomic E-state index is 0.545. The van der Waals surface area contributed by atoms with Crippen molar-refractivity contribution < 1.29 is 14.9 Å². The van der Waals surface area contributed by atoms with Crippen molar-refractivity contribution in [1.29, 1.82) is 0 Å². The van der Waals surface area contributed by atoms with Gasteiger partial charge < -0.3 is 19.8 Å². The Kier molecular flexibility index (Phi) is 5.64. The first-order valence-electron chi connectivity index (χ1n) is 8.53. The maximum atomic E-state index is 11.1. The molecule has 25 heavy (non-hydrogen) atoms. The average molecular weight is 362 g/mol. The fourth-order valence-corrected chi connectivity index (χ4v) is 3.56. The first-order valence-corrected chi connectivity index (χ1v) is 8.91. The van der Waals surface area contributed by atoms with Crippen molar-refractivity contribution in [3.63, 3.8) is 0 Å². The molecule has 0 aromatic heterocycles. The first-order chi connectivity index (χ1) is 12.0. The van der Waals surface area contributed by atoms with E-state index in [2.05, 4.69) is 4.90 Å². The zero-order valence-electron chi connectivity index (χ0n) is 14.4. The van der Waals surface area contributed by atoms with Crippen molar-refractivity contribution in [1.82, 2.24) is 4.90 Å². The molecule has 5 heteroatoms. The van der Waals surface area contributed by atoms with Crippen molar-refractivity contribution in [3.05, 3.63) is 64.7 Å². The first kappa shape index (κ1) is 18.2. The molecule has 0 aliphatic carbocycles. The number of hydrogen-bond acceptors (Lipinski definition) is 4. The highest BCUT2D eigenvalue weighted by Crippen LogP contribution is 2.38. The maximum Gasteiger partial charge on any atom is 0.124 e. The lowest BCUT2D eigenvalue weighted by atomic mass is 9.83. The van der Waals surface area contributed by atoms with Gasteiger partial charge in [-0.05, 0) is 36.6 Å². The lowest BCUT2D eigenvalue weighted by Gasteiger charge is -2.39. The molecule has 1 saturated heterocycles. The third kappa shape index (κ3) is 4.15. The number of methoxy groups -OCH3 is 1. The molecule has 1 atom stereocenters. The quantitative estimate of drug-likeness (QED) is 0.857. The van der Waals surface area contributed by atoms with Crippen molar-refractivity contribution in [2.45, 2.75) is 24.5 Å². The van der Waals surface area contributed by atoms with Gasteiger partial charge in [0.15, 0.2) is 0 Å². The number of ether oxygens (including phenoxy) is 1. The third-order valence-electron chi connectivity index (χ3n) is 4.98. The second-order valence-electron chi connectivity index (χ2n) is 6.60. The smallest absolute Gasteiger partial charge is 0.124 e. The molecule has 2 aromatic rings. The second-order valence-corrected chi connectivity index (χ2v) is 7.04. The standard InChI is InChI=1S/C20H24ClNO3/c1-25-19-5-3-2-4-17(19)20(24)10-12-22(13-11-20)14-18(23)15-6-8-16(21)9-7-15/h2-9,18,23-24H,10-14H2,1H3/t18-/m1/s1. The lowest BCUT2D eigenvalue weighted by Crippen LogP contribution is -2.44. The predicted molar refractivity (Wildman–Crippen MR) is 99.0 cm³/mol. The Bertz CT molecular complexity index is 696. The highest BCUT2D eigenvalue weighted by molar-refractivity contribution is 6.30. The monoisotopic (exact) mass is 361 g/mol. The van der Waals surface area contributed by atoms with Gasteiger partial charge in [-0.25, -0.2) is 0 Å². The molecule has 3 rings (SSSR count). The molecule has 1 heterocycles. The van der Waals surface area contributed by atoms with Gasteiger partial charge in [0.2, 0.25) is 0 Å². The van der Waals surface area contributed by atoms with E-state index >= 15 is 0 Å². The van der Waals surface area contributed by atoms with Crippen LogP contribution in [0.2, 0.25) is 5.02 Å². The van der Waals surface area contributed by atoms with Crippen LogP contribution in [0.1, 0.15) is 30.1 Å². The number of halogens is 1. The molecule has 0 spiro atoms. The number of likely N-dealkylation sites (tertiary alicyclic amines) is 1. The largest absolute Gasteiger partial charge is 0.496 e. The van der Waals surface area contributed by atoms with Crippen LogP contribution in [-0.2, 0) is 5.60 Å². The molecular weight excluding hydrogens is 338 g/mol. The molecule has 2 N–H and O–H groups in total. The number of aliphatic hydroxyl groups is 2. The van der Waals surface area contributed by atoms with Crippen LogP contribution in [0, 0.1) is 0 Å². The summed E-state index contributed by atoms with van der Waals surface area (Å²) in [5.41, 5.74) is 0.819. The predicted octanol–water partition coefficient (Wildman–Crippen LogP) is 3.37. The van der Waals surface area contributed by atoms with Gasteiger partial charge in [-0.1, -0.05) is 41.9 Å². The van der Waals surface area contributed by atoms with E-state index in [4.69, 9.17) is 16.3 Å². The summed E-state index contributed by atoms with van der Waals surface area (Å²) in [7, 11) is 1.62. The minimum atomic E-state index is -0.881. The summed E-state index contributed by atoms with van der Waals surface area (Å²) >= 11 is 5.89. The van der Waals surface area contributed by atoms with Gasteiger partial charge in [0.1, 0.15) is 5.75 Å². The van der Waals surface area contributed by atoms with Crippen LogP contribution in [0.3, 0.4) is 0 Å². The van der Waals surface area contributed by atoms with Crippen LogP contribution in [0.5, 0.6) is 5.75 Å². The highest BCUT2D eigenvalue weighted by Gasteiger charge is 2.36. The second kappa shape index (κ2) is 7.75. The highest BCUT2D eigenvalue weighted by atomic mass is 35.5. The van der Waals surface area contributed by atoms with E-state index in [1.54, 1.807) is 19.2 Å². The SMILES string of the molecule is COc1ccccc1C1(O)CCN(C[C@@H](O)c2ccc(Cl)cc2)CC1. The summed E-state index contributed by atoms with van der Waals surface area (Å²) in [4.78, 5) is 2.18. The van der Waals surface area contributed by atoms with E-state index in [0.29, 0.717) is 24.4 Å². The number of aliphatic hydroxyl groups excluding tert-OH is 1. The van der Waals surface area contributed by atoms with E-state index in [9.17, 15) is 10.2 Å². The summed E-state index contributed by atoms with van der Waals surface area (Å²) in [5.74, 6) is 0.722. The molecular formula is C20H24ClNO3. The minimum Gasteiger partial charge on any atom is -0.496 e. The van der Waals surface area contributed by atoms with Gasteiger partial charge in [0, 0.05) is 30.2 Å². The van der Waals surface area contributed by atoms with Gasteiger partial charge in [-0.3, -0.25) is 0 Å². The van der Waals surface area contributed by atoms with E-state index in [-0.39, 0.29) is 0 Å². The number of nitrogens with zero attached hydrogens (tertiary/aromatic N) is 1. The molecule has 1 aliphatic rings. The number of rotatable bonds is 5. The van der Waals surface area contributed by atoms with Gasteiger partial charge in [-0.2, -0.15) is 0 Å². The Balaban J connectivity index is 1.62. The van der Waals surface area contributed by atoms with Gasteiger partial charge >= 0.3 is 0 Å². The summed E-state index contributed by atoms with van der Waals surface area (Å²) in [6.45, 7) is 1.99. The zero-order chi connectivity index (χ0) is 17.9. The van der Waals surface area contributed by atoms with Crippen LogP contribution in [0.4, 0.5) is 0 Å². The van der Waals surface area contributed by atoms with Crippen LogP contribution in [-0.4, -0.2) is 41.9 Å². The van der Waals surface area contributed by atoms with Crippen molar-refractivity contribution in [2.75, 3.05) is 26.7 Å². The molecule has 4 nitrogen and oxygen atoms in total. The topological polar surface area (TPSA) is 52.9 Å². The average Bonchev–Trinajstić information content (AvgIpc) is 2.64. The molecule has 0 radical (unpaired) electrons. The molecule has 1 aliphatic heterocycles. The number of para-hydroxylation sites is 1. The van der Waals surface area contributed by atoms with Crippen molar-refractivity contribution >= 4 is 11.6 Å². The van der Waals surface area contributed by atoms with Crippen LogP contribution in [0.15, 0.2) is 48.5 Å².